The predicted molar refractivity (Wildman–Crippen MR) is 77.8 cm³/mol. The van der Waals surface area contributed by atoms with Crippen LogP contribution < -0.4 is 16.4 Å². The molecule has 110 valence electrons. The molecule has 0 aliphatic carbocycles. The van der Waals surface area contributed by atoms with E-state index in [9.17, 15) is 9.59 Å². The van der Waals surface area contributed by atoms with Crippen LogP contribution in [0.5, 0.6) is 0 Å². The third-order valence-corrected chi connectivity index (χ3v) is 2.57. The molecule has 8 nitrogen and oxygen atoms in total. The van der Waals surface area contributed by atoms with E-state index in [0.717, 1.165) is 0 Å². The number of hydrogen-bond donors (Lipinski definition) is 3. The van der Waals surface area contributed by atoms with E-state index in [1.54, 1.807) is 24.3 Å². The Morgan fingerprint density at radius 2 is 2.00 bits per heavy atom. The van der Waals surface area contributed by atoms with Gasteiger partial charge in [-0.05, 0) is 18.2 Å². The molecule has 2 amide bonds. The van der Waals surface area contributed by atoms with E-state index in [1.807, 2.05) is 0 Å². The smallest absolute Gasteiger partial charge is 0.277 e. The first-order valence-corrected chi connectivity index (χ1v) is 6.37. The number of carbonyl (C=O) groups excluding carboxylic acids is 2. The van der Waals surface area contributed by atoms with Crippen molar-refractivity contribution in [3.8, 4) is 0 Å². The molecule has 0 saturated carbocycles. The molecule has 1 aromatic heterocycles. The summed E-state index contributed by atoms with van der Waals surface area (Å²) in [5.41, 5.74) is 6.76. The maximum Gasteiger partial charge on any atom is 0.277 e. The SMILES string of the molecule is CC(=O)Nc1cccc(NC(=O)c2cn(CCN)nn2)c1. The van der Waals surface area contributed by atoms with Gasteiger partial charge in [0, 0.05) is 24.8 Å². The highest BCUT2D eigenvalue weighted by molar-refractivity contribution is 6.03. The van der Waals surface area contributed by atoms with E-state index in [2.05, 4.69) is 20.9 Å². The first-order chi connectivity index (χ1) is 10.1. The summed E-state index contributed by atoms with van der Waals surface area (Å²) in [4.78, 5) is 23.0. The number of anilines is 2. The van der Waals surface area contributed by atoms with Crippen molar-refractivity contribution in [2.45, 2.75) is 13.5 Å². The fraction of sp³-hybridized carbons (Fsp3) is 0.231. The lowest BCUT2D eigenvalue weighted by Gasteiger charge is -2.06. The zero-order valence-corrected chi connectivity index (χ0v) is 11.5. The third-order valence-electron chi connectivity index (χ3n) is 2.57. The molecule has 2 rings (SSSR count). The van der Waals surface area contributed by atoms with Crippen LogP contribution in [0.15, 0.2) is 30.5 Å². The molecule has 21 heavy (non-hydrogen) atoms. The molecule has 4 N–H and O–H groups in total. The number of carbonyl (C=O) groups is 2. The van der Waals surface area contributed by atoms with Crippen LogP contribution >= 0.6 is 0 Å². The highest BCUT2D eigenvalue weighted by atomic mass is 16.2. The van der Waals surface area contributed by atoms with E-state index in [4.69, 9.17) is 5.73 Å². The summed E-state index contributed by atoms with van der Waals surface area (Å²) in [6.07, 6.45) is 1.53. The molecule has 1 heterocycles. The Balaban J connectivity index is 2.06. The van der Waals surface area contributed by atoms with Gasteiger partial charge in [0.2, 0.25) is 5.91 Å². The average molecular weight is 288 g/mol. The summed E-state index contributed by atoms with van der Waals surface area (Å²) in [6, 6.07) is 6.83. The lowest BCUT2D eigenvalue weighted by atomic mass is 10.2. The van der Waals surface area contributed by atoms with E-state index < -0.39 is 0 Å². The highest BCUT2D eigenvalue weighted by Gasteiger charge is 2.11. The van der Waals surface area contributed by atoms with Crippen LogP contribution in [0.1, 0.15) is 17.4 Å². The Morgan fingerprint density at radius 3 is 2.67 bits per heavy atom. The molecular weight excluding hydrogens is 272 g/mol. The largest absolute Gasteiger partial charge is 0.329 e. The lowest BCUT2D eigenvalue weighted by Crippen LogP contribution is -2.13. The van der Waals surface area contributed by atoms with Crippen LogP contribution in [0.2, 0.25) is 0 Å². The van der Waals surface area contributed by atoms with Gasteiger partial charge in [-0.15, -0.1) is 5.10 Å². The summed E-state index contributed by atoms with van der Waals surface area (Å²) >= 11 is 0. The molecule has 0 bridgehead atoms. The van der Waals surface area contributed by atoms with Crippen molar-refractivity contribution < 1.29 is 9.59 Å². The predicted octanol–water partition coefficient (Wildman–Crippen LogP) is 0.447. The van der Waals surface area contributed by atoms with Crippen LogP contribution in [-0.2, 0) is 11.3 Å². The monoisotopic (exact) mass is 288 g/mol. The minimum atomic E-state index is -0.377. The number of amides is 2. The van der Waals surface area contributed by atoms with Gasteiger partial charge in [0.1, 0.15) is 0 Å². The Hall–Kier alpha value is -2.74. The van der Waals surface area contributed by atoms with Gasteiger partial charge in [-0.3, -0.25) is 14.3 Å². The molecule has 0 unspecified atom stereocenters. The van der Waals surface area contributed by atoms with Gasteiger partial charge in [0.05, 0.1) is 12.7 Å². The summed E-state index contributed by atoms with van der Waals surface area (Å²) in [6.45, 7) is 2.34. The van der Waals surface area contributed by atoms with E-state index in [0.29, 0.717) is 24.5 Å². The number of aromatic nitrogens is 3. The molecule has 0 spiro atoms. The van der Waals surface area contributed by atoms with Gasteiger partial charge >= 0.3 is 0 Å². The van der Waals surface area contributed by atoms with E-state index >= 15 is 0 Å². The Bertz CT molecular complexity index is 652. The standard InChI is InChI=1S/C13H16N6O2/c1-9(20)15-10-3-2-4-11(7-10)16-13(21)12-8-19(6-5-14)18-17-12/h2-4,7-8H,5-6,14H2,1H3,(H,15,20)(H,16,21). The van der Waals surface area contributed by atoms with Crippen molar-refractivity contribution in [1.29, 1.82) is 0 Å². The molecule has 8 heteroatoms. The second kappa shape index (κ2) is 6.62. The molecule has 2 aromatic rings. The maximum absolute atomic E-state index is 12.0. The lowest BCUT2D eigenvalue weighted by molar-refractivity contribution is -0.114. The van der Waals surface area contributed by atoms with Crippen molar-refractivity contribution >= 4 is 23.2 Å². The van der Waals surface area contributed by atoms with Crippen LogP contribution in [-0.4, -0.2) is 33.4 Å². The number of rotatable bonds is 5. The van der Waals surface area contributed by atoms with E-state index in [-0.39, 0.29) is 17.5 Å². The molecular formula is C13H16N6O2. The summed E-state index contributed by atoms with van der Waals surface area (Å²) < 4.78 is 1.50. The number of nitrogens with one attached hydrogen (secondary N) is 2. The molecule has 0 aliphatic heterocycles. The molecule has 0 radical (unpaired) electrons. The summed E-state index contributed by atoms with van der Waals surface area (Å²) in [5, 5.41) is 12.9. The number of nitrogens with zero attached hydrogens (tertiary/aromatic N) is 3. The molecule has 0 aliphatic rings. The topological polar surface area (TPSA) is 115 Å². The van der Waals surface area contributed by atoms with Crippen molar-refractivity contribution in [3.63, 3.8) is 0 Å². The average Bonchev–Trinajstić information content (AvgIpc) is 2.87. The quantitative estimate of drug-likeness (QED) is 0.738. The van der Waals surface area contributed by atoms with Gasteiger partial charge in [-0.2, -0.15) is 0 Å². The Morgan fingerprint density at radius 1 is 1.29 bits per heavy atom. The zero-order chi connectivity index (χ0) is 15.2. The fourth-order valence-electron chi connectivity index (χ4n) is 1.72. The Kier molecular flexibility index (Phi) is 4.62. The van der Waals surface area contributed by atoms with Crippen LogP contribution in [0.3, 0.4) is 0 Å². The van der Waals surface area contributed by atoms with Gasteiger partial charge in [0.15, 0.2) is 5.69 Å². The number of nitrogens with two attached hydrogens (primary N) is 1. The van der Waals surface area contributed by atoms with Crippen molar-refractivity contribution in [1.82, 2.24) is 15.0 Å². The minimum absolute atomic E-state index is 0.178. The first-order valence-electron chi connectivity index (χ1n) is 6.37. The second-order valence-corrected chi connectivity index (χ2v) is 4.37. The summed E-state index contributed by atoms with van der Waals surface area (Å²) in [5.74, 6) is -0.554. The molecule has 0 fully saturated rings. The molecule has 0 atom stereocenters. The van der Waals surface area contributed by atoms with Gasteiger partial charge in [-0.25, -0.2) is 0 Å². The number of hydrogen-bond acceptors (Lipinski definition) is 5. The second-order valence-electron chi connectivity index (χ2n) is 4.37. The maximum atomic E-state index is 12.0. The van der Waals surface area contributed by atoms with Crippen molar-refractivity contribution in [2.24, 2.45) is 5.73 Å². The first kappa shape index (κ1) is 14.7. The van der Waals surface area contributed by atoms with E-state index in [1.165, 1.54) is 17.8 Å². The van der Waals surface area contributed by atoms with Crippen molar-refractivity contribution in [2.75, 3.05) is 17.2 Å². The highest BCUT2D eigenvalue weighted by Crippen LogP contribution is 2.15. The van der Waals surface area contributed by atoms with Gasteiger partial charge < -0.3 is 16.4 Å². The Labute approximate surface area is 121 Å². The van der Waals surface area contributed by atoms with Crippen LogP contribution in [0.4, 0.5) is 11.4 Å². The third kappa shape index (κ3) is 4.11. The van der Waals surface area contributed by atoms with Gasteiger partial charge in [0.25, 0.3) is 5.91 Å². The normalized spacial score (nSPS) is 10.2. The fourth-order valence-corrected chi connectivity index (χ4v) is 1.72. The minimum Gasteiger partial charge on any atom is -0.329 e. The van der Waals surface area contributed by atoms with Crippen molar-refractivity contribution in [3.05, 3.63) is 36.2 Å². The molecule has 1 aromatic carbocycles. The molecule has 0 saturated heterocycles. The summed E-state index contributed by atoms with van der Waals surface area (Å²) in [7, 11) is 0. The van der Waals surface area contributed by atoms with Crippen LogP contribution in [0.25, 0.3) is 0 Å². The number of benzene rings is 1. The van der Waals surface area contributed by atoms with Crippen LogP contribution in [0, 0.1) is 0 Å². The zero-order valence-electron chi connectivity index (χ0n) is 11.5. The van der Waals surface area contributed by atoms with Gasteiger partial charge in [-0.1, -0.05) is 11.3 Å².